The summed E-state index contributed by atoms with van der Waals surface area (Å²) in [7, 11) is 0. The number of likely N-dealkylation sites (N-methyl/N-ethyl adjacent to an activating group) is 1. The van der Waals surface area contributed by atoms with Gasteiger partial charge >= 0.3 is 6.18 Å². The molecule has 1 atom stereocenters. The smallest absolute Gasteiger partial charge is 0.382 e. The molecule has 1 aromatic rings. The maximum Gasteiger partial charge on any atom is 0.416 e. The first kappa shape index (κ1) is 15.0. The van der Waals surface area contributed by atoms with Gasteiger partial charge in [0.25, 0.3) is 5.91 Å². The van der Waals surface area contributed by atoms with Gasteiger partial charge in [-0.3, -0.25) is 9.89 Å². The quantitative estimate of drug-likeness (QED) is 0.880. The van der Waals surface area contributed by atoms with Gasteiger partial charge in [0.2, 0.25) is 0 Å². The fraction of sp³-hybridized carbons (Fsp3) is 0.556. The molecule has 0 bridgehead atoms. The van der Waals surface area contributed by atoms with Gasteiger partial charge in [0.1, 0.15) is 4.60 Å². The van der Waals surface area contributed by atoms with Crippen LogP contribution in [0.4, 0.5) is 13.2 Å². The maximum absolute atomic E-state index is 12.2. The van der Waals surface area contributed by atoms with Crippen molar-refractivity contribution in [2.24, 2.45) is 0 Å². The number of hydrogen-bond donors (Lipinski definition) is 2. The third kappa shape index (κ3) is 3.70. The van der Waals surface area contributed by atoms with Gasteiger partial charge in [0, 0.05) is 12.6 Å². The Labute approximate surface area is 109 Å². The van der Waals surface area contributed by atoms with Crippen molar-refractivity contribution in [2.45, 2.75) is 19.2 Å². The number of rotatable bonds is 4. The molecule has 0 aromatic carbocycles. The highest BCUT2D eigenvalue weighted by Crippen LogP contribution is 2.21. The average molecular weight is 330 g/mol. The number of H-pyrrole nitrogens is 1. The van der Waals surface area contributed by atoms with E-state index in [0.717, 1.165) is 4.90 Å². The number of carbonyl (C=O) groups is 1. The van der Waals surface area contributed by atoms with Crippen LogP contribution in [-0.4, -0.2) is 51.5 Å². The molecule has 1 aromatic heterocycles. The van der Waals surface area contributed by atoms with Gasteiger partial charge in [0.15, 0.2) is 11.8 Å². The number of halogens is 4. The van der Waals surface area contributed by atoms with Gasteiger partial charge in [0.05, 0.1) is 6.54 Å². The van der Waals surface area contributed by atoms with Gasteiger partial charge in [-0.1, -0.05) is 0 Å². The third-order valence-electron chi connectivity index (χ3n) is 2.21. The molecule has 1 rings (SSSR count). The number of carbonyl (C=O) groups excluding carboxylic acids is 1. The Bertz CT molecular complexity index is 421. The zero-order chi connectivity index (χ0) is 13.9. The Kier molecular flexibility index (Phi) is 4.74. The summed E-state index contributed by atoms with van der Waals surface area (Å²) in [4.78, 5) is 12.7. The predicted molar refractivity (Wildman–Crippen MR) is 59.9 cm³/mol. The van der Waals surface area contributed by atoms with E-state index in [1.54, 1.807) is 0 Å². The van der Waals surface area contributed by atoms with E-state index >= 15 is 0 Å². The Morgan fingerprint density at radius 3 is 2.67 bits per heavy atom. The van der Waals surface area contributed by atoms with Crippen molar-refractivity contribution < 1.29 is 23.1 Å². The third-order valence-corrected chi connectivity index (χ3v) is 2.61. The first-order valence-electron chi connectivity index (χ1n) is 5.00. The van der Waals surface area contributed by atoms with Gasteiger partial charge < -0.3 is 10.0 Å². The van der Waals surface area contributed by atoms with Crippen LogP contribution in [0.3, 0.4) is 0 Å². The van der Waals surface area contributed by atoms with Gasteiger partial charge in [-0.25, -0.2) is 0 Å². The molecule has 0 aliphatic heterocycles. The highest BCUT2D eigenvalue weighted by molar-refractivity contribution is 9.10. The summed E-state index contributed by atoms with van der Waals surface area (Å²) in [6, 6.07) is 1.35. The van der Waals surface area contributed by atoms with E-state index in [1.165, 1.54) is 13.0 Å². The molecule has 5 nitrogen and oxygen atoms in total. The van der Waals surface area contributed by atoms with Crippen LogP contribution in [0.1, 0.15) is 17.4 Å². The van der Waals surface area contributed by atoms with Crippen LogP contribution >= 0.6 is 15.9 Å². The number of aromatic amines is 1. The first-order chi connectivity index (χ1) is 8.25. The van der Waals surface area contributed by atoms with Gasteiger partial charge in [-0.15, -0.1) is 0 Å². The summed E-state index contributed by atoms with van der Waals surface area (Å²) in [6.45, 7) is 0.739. The van der Waals surface area contributed by atoms with Crippen LogP contribution in [0.2, 0.25) is 0 Å². The van der Waals surface area contributed by atoms with Crippen molar-refractivity contribution in [3.8, 4) is 0 Å². The summed E-state index contributed by atoms with van der Waals surface area (Å²) in [5, 5.41) is 15.0. The monoisotopic (exact) mass is 329 g/mol. The van der Waals surface area contributed by atoms with Crippen molar-refractivity contribution in [2.75, 3.05) is 13.1 Å². The van der Waals surface area contributed by atoms with Crippen molar-refractivity contribution in [1.29, 1.82) is 0 Å². The summed E-state index contributed by atoms with van der Waals surface area (Å²) in [5.74, 6) is -0.678. The van der Waals surface area contributed by atoms with Crippen molar-refractivity contribution in [1.82, 2.24) is 15.1 Å². The summed E-state index contributed by atoms with van der Waals surface area (Å²) < 4.78 is 37.0. The van der Waals surface area contributed by atoms with E-state index in [-0.39, 0.29) is 12.2 Å². The Balaban J connectivity index is 2.75. The molecule has 2 N–H and O–H groups in total. The second-order valence-corrected chi connectivity index (χ2v) is 4.36. The van der Waals surface area contributed by atoms with Crippen LogP contribution in [0.5, 0.6) is 0 Å². The predicted octanol–water partition coefficient (Wildman–Crippen LogP) is 1.56. The van der Waals surface area contributed by atoms with Crippen LogP contribution in [0.15, 0.2) is 10.7 Å². The number of nitrogens with one attached hydrogen (secondary N) is 1. The lowest BCUT2D eigenvalue weighted by molar-refractivity contribution is -0.206. The van der Waals surface area contributed by atoms with E-state index in [9.17, 15) is 18.0 Å². The van der Waals surface area contributed by atoms with E-state index < -0.39 is 24.7 Å². The minimum atomic E-state index is -4.75. The lowest BCUT2D eigenvalue weighted by Gasteiger charge is -2.24. The van der Waals surface area contributed by atoms with Crippen molar-refractivity contribution in [3.05, 3.63) is 16.4 Å². The molecular formula is C9H11BrF3N3O2. The molecule has 0 unspecified atom stereocenters. The first-order valence-corrected chi connectivity index (χ1v) is 5.80. The zero-order valence-electron chi connectivity index (χ0n) is 9.33. The minimum absolute atomic E-state index is 0.0156. The van der Waals surface area contributed by atoms with Crippen molar-refractivity contribution in [3.63, 3.8) is 0 Å². The highest BCUT2D eigenvalue weighted by Gasteiger charge is 2.40. The number of alkyl halides is 3. The molecular weight excluding hydrogens is 319 g/mol. The lowest BCUT2D eigenvalue weighted by Crippen LogP contribution is -2.43. The standard InChI is InChI=1S/C9H11BrF3N3O2/c1-2-16(4-6(17)9(11,12)13)8(18)5-3-7(10)15-14-5/h3,6,17H,2,4H2,1H3,(H,14,15)/t6-/m1/s1. The summed E-state index contributed by atoms with van der Waals surface area (Å²) in [6.07, 6.45) is -7.32. The molecule has 1 heterocycles. The zero-order valence-corrected chi connectivity index (χ0v) is 10.9. The molecule has 9 heteroatoms. The maximum atomic E-state index is 12.2. The number of aromatic nitrogens is 2. The van der Waals surface area contributed by atoms with Crippen LogP contribution in [-0.2, 0) is 0 Å². The molecule has 0 aliphatic carbocycles. The number of hydrogen-bond acceptors (Lipinski definition) is 3. The van der Waals surface area contributed by atoms with Gasteiger partial charge in [-0.2, -0.15) is 18.3 Å². The Hall–Kier alpha value is -1.09. The van der Waals surface area contributed by atoms with Crippen LogP contribution in [0, 0.1) is 0 Å². The van der Waals surface area contributed by atoms with E-state index in [2.05, 4.69) is 26.1 Å². The molecule has 0 spiro atoms. The molecule has 1 amide bonds. The number of aliphatic hydroxyl groups is 1. The molecule has 0 saturated carbocycles. The Morgan fingerprint density at radius 1 is 1.67 bits per heavy atom. The molecule has 0 saturated heterocycles. The fourth-order valence-electron chi connectivity index (χ4n) is 1.24. The average Bonchev–Trinajstić information content (AvgIpc) is 2.70. The topological polar surface area (TPSA) is 69.2 Å². The van der Waals surface area contributed by atoms with Gasteiger partial charge in [-0.05, 0) is 22.9 Å². The minimum Gasteiger partial charge on any atom is -0.382 e. The largest absolute Gasteiger partial charge is 0.416 e. The van der Waals surface area contributed by atoms with Crippen molar-refractivity contribution >= 4 is 21.8 Å². The normalized spacial score (nSPS) is 13.4. The number of amides is 1. The highest BCUT2D eigenvalue weighted by atomic mass is 79.9. The lowest BCUT2D eigenvalue weighted by atomic mass is 10.3. The second-order valence-electron chi connectivity index (χ2n) is 3.50. The molecule has 0 aliphatic rings. The van der Waals surface area contributed by atoms with E-state index in [1.807, 2.05) is 0 Å². The van der Waals surface area contributed by atoms with Crippen LogP contribution < -0.4 is 0 Å². The van der Waals surface area contributed by atoms with E-state index in [4.69, 9.17) is 5.11 Å². The SMILES string of the molecule is CCN(C[C@@H](O)C(F)(F)F)C(=O)c1cc(Br)[nH]n1. The number of nitrogens with zero attached hydrogens (tertiary/aromatic N) is 2. The molecule has 102 valence electrons. The fourth-order valence-corrected chi connectivity index (χ4v) is 1.54. The molecule has 0 radical (unpaired) electrons. The summed E-state index contributed by atoms with van der Waals surface area (Å²) >= 11 is 3.04. The Morgan fingerprint density at radius 2 is 2.28 bits per heavy atom. The van der Waals surface area contributed by atoms with Crippen LogP contribution in [0.25, 0.3) is 0 Å². The molecule has 0 fully saturated rings. The number of aliphatic hydroxyl groups excluding tert-OH is 1. The second kappa shape index (κ2) is 5.70. The summed E-state index contributed by atoms with van der Waals surface area (Å²) in [5.41, 5.74) is -0.0156. The molecule has 18 heavy (non-hydrogen) atoms. The van der Waals surface area contributed by atoms with E-state index in [0.29, 0.717) is 4.60 Å².